The number of anilines is 2. The van der Waals surface area contributed by atoms with Gasteiger partial charge in [0.15, 0.2) is 0 Å². The summed E-state index contributed by atoms with van der Waals surface area (Å²) in [6, 6.07) is 26.2. The zero-order valence-corrected chi connectivity index (χ0v) is 18.5. The van der Waals surface area contributed by atoms with Crippen molar-refractivity contribution in [3.8, 4) is 0 Å². The van der Waals surface area contributed by atoms with E-state index in [0.29, 0.717) is 22.5 Å². The Bertz CT molecular complexity index is 1590. The number of carbonyl (C=O) groups excluding carboxylic acids is 1. The molecule has 0 saturated carbocycles. The van der Waals surface area contributed by atoms with Crippen LogP contribution in [0.25, 0.3) is 21.9 Å². The fourth-order valence-corrected chi connectivity index (χ4v) is 4.69. The summed E-state index contributed by atoms with van der Waals surface area (Å²) in [5.74, 6) is -0.307. The summed E-state index contributed by atoms with van der Waals surface area (Å²) in [4.78, 5) is 12.9. The summed E-state index contributed by atoms with van der Waals surface area (Å²) in [5, 5.41) is 4.86. The van der Waals surface area contributed by atoms with Crippen molar-refractivity contribution in [3.05, 3.63) is 102 Å². The second-order valence-electron chi connectivity index (χ2n) is 7.76. The van der Waals surface area contributed by atoms with Crippen LogP contribution in [0.5, 0.6) is 0 Å². The first-order chi connectivity index (χ1) is 15.9. The molecule has 0 aliphatic carbocycles. The lowest BCUT2D eigenvalue weighted by atomic mass is 10.1. The van der Waals surface area contributed by atoms with Gasteiger partial charge in [-0.3, -0.25) is 9.52 Å². The lowest BCUT2D eigenvalue weighted by Gasteiger charge is -2.09. The Balaban J connectivity index is 1.31. The predicted molar refractivity (Wildman–Crippen MR) is 130 cm³/mol. The first kappa shape index (κ1) is 20.8. The van der Waals surface area contributed by atoms with Gasteiger partial charge in [0.1, 0.15) is 11.2 Å². The third-order valence-corrected chi connectivity index (χ3v) is 6.76. The average molecular weight is 457 g/mol. The molecule has 0 spiro atoms. The predicted octanol–water partition coefficient (Wildman–Crippen LogP) is 5.95. The lowest BCUT2D eigenvalue weighted by Crippen LogP contribution is -2.14. The Morgan fingerprint density at radius 3 is 2.18 bits per heavy atom. The molecule has 0 saturated heterocycles. The summed E-state index contributed by atoms with van der Waals surface area (Å²) in [6.45, 7) is 1.89. The maximum atomic E-state index is 12.7. The van der Waals surface area contributed by atoms with Crippen LogP contribution in [0.1, 0.15) is 15.9 Å². The third kappa shape index (κ3) is 4.18. The molecule has 0 aliphatic heterocycles. The van der Waals surface area contributed by atoms with Gasteiger partial charge in [0.05, 0.1) is 4.90 Å². The fraction of sp³-hybridized carbons (Fsp3) is 0.0385. The minimum absolute atomic E-state index is 0.177. The molecule has 0 radical (unpaired) electrons. The number of nitrogens with one attached hydrogen (secondary N) is 2. The molecule has 4 aromatic carbocycles. The van der Waals surface area contributed by atoms with E-state index in [4.69, 9.17) is 4.42 Å². The van der Waals surface area contributed by atoms with Crippen LogP contribution in [-0.2, 0) is 10.0 Å². The molecule has 0 unspecified atom stereocenters. The number of hydrogen-bond acceptors (Lipinski definition) is 4. The fourth-order valence-electron chi connectivity index (χ4n) is 3.63. The molecule has 5 aromatic rings. The number of aryl methyl sites for hydroxylation is 1. The first-order valence-corrected chi connectivity index (χ1v) is 11.8. The molecule has 0 atom stereocenters. The van der Waals surface area contributed by atoms with E-state index < -0.39 is 10.0 Å². The number of furan rings is 1. The van der Waals surface area contributed by atoms with Crippen molar-refractivity contribution >= 4 is 49.2 Å². The molecule has 164 valence electrons. The lowest BCUT2D eigenvalue weighted by molar-refractivity contribution is 0.102. The summed E-state index contributed by atoms with van der Waals surface area (Å²) in [6.07, 6.45) is 0. The molecule has 7 heteroatoms. The number of sulfonamides is 1. The van der Waals surface area contributed by atoms with E-state index >= 15 is 0 Å². The zero-order chi connectivity index (χ0) is 23.0. The molecule has 0 bridgehead atoms. The molecule has 1 aromatic heterocycles. The Hall–Kier alpha value is -4.10. The van der Waals surface area contributed by atoms with E-state index in [1.807, 2.05) is 43.3 Å². The molecular weight excluding hydrogens is 436 g/mol. The van der Waals surface area contributed by atoms with E-state index in [1.165, 1.54) is 0 Å². The highest BCUT2D eigenvalue weighted by atomic mass is 32.2. The van der Waals surface area contributed by atoms with Gasteiger partial charge in [0.2, 0.25) is 0 Å². The molecule has 33 heavy (non-hydrogen) atoms. The van der Waals surface area contributed by atoms with Crippen LogP contribution >= 0.6 is 0 Å². The number of carbonyl (C=O) groups is 1. The largest absolute Gasteiger partial charge is 0.456 e. The highest BCUT2D eigenvalue weighted by Gasteiger charge is 2.15. The second kappa shape index (κ2) is 8.11. The molecule has 1 heterocycles. The number of amides is 1. The Labute approximate surface area is 190 Å². The maximum Gasteiger partial charge on any atom is 0.261 e. The van der Waals surface area contributed by atoms with Crippen molar-refractivity contribution in [2.24, 2.45) is 0 Å². The molecular formula is C26H20N2O4S. The van der Waals surface area contributed by atoms with E-state index in [0.717, 1.165) is 21.9 Å². The standard InChI is InChI=1S/C26H20N2O4S/c1-17-6-13-21(14-7-17)33(30,31)28-19-10-8-18(9-11-19)26(29)27-20-12-15-23-22-4-2-3-5-24(22)32-25(23)16-20/h2-16,28H,1H3,(H,27,29). The molecule has 0 aliphatic rings. The molecule has 1 amide bonds. The normalized spacial score (nSPS) is 11.5. The van der Waals surface area contributed by atoms with Crippen molar-refractivity contribution in [2.45, 2.75) is 11.8 Å². The molecule has 6 nitrogen and oxygen atoms in total. The first-order valence-electron chi connectivity index (χ1n) is 10.3. The van der Waals surface area contributed by atoms with Gasteiger partial charge in [-0.25, -0.2) is 8.42 Å². The topological polar surface area (TPSA) is 88.4 Å². The van der Waals surface area contributed by atoms with Crippen LogP contribution in [0.2, 0.25) is 0 Å². The van der Waals surface area contributed by atoms with Crippen molar-refractivity contribution < 1.29 is 17.6 Å². The Kier molecular flexibility index (Phi) is 5.11. The summed E-state index contributed by atoms with van der Waals surface area (Å²) in [7, 11) is -3.70. The van der Waals surface area contributed by atoms with Crippen molar-refractivity contribution in [1.29, 1.82) is 0 Å². The third-order valence-electron chi connectivity index (χ3n) is 5.37. The monoisotopic (exact) mass is 456 g/mol. The van der Waals surface area contributed by atoms with Crippen molar-refractivity contribution in [3.63, 3.8) is 0 Å². The Morgan fingerprint density at radius 2 is 1.42 bits per heavy atom. The van der Waals surface area contributed by atoms with Gasteiger partial charge in [-0.05, 0) is 61.5 Å². The van der Waals surface area contributed by atoms with Crippen LogP contribution < -0.4 is 10.0 Å². The number of fused-ring (bicyclic) bond motifs is 3. The van der Waals surface area contributed by atoms with Gasteiger partial charge in [0.25, 0.3) is 15.9 Å². The highest BCUT2D eigenvalue weighted by molar-refractivity contribution is 7.92. The van der Waals surface area contributed by atoms with Crippen LogP contribution in [-0.4, -0.2) is 14.3 Å². The van der Waals surface area contributed by atoms with E-state index in [9.17, 15) is 13.2 Å². The zero-order valence-electron chi connectivity index (χ0n) is 17.7. The van der Waals surface area contributed by atoms with Gasteiger partial charge in [-0.2, -0.15) is 0 Å². The van der Waals surface area contributed by atoms with E-state index in [2.05, 4.69) is 10.0 Å². The average Bonchev–Trinajstić information content (AvgIpc) is 3.17. The number of benzene rings is 4. The van der Waals surface area contributed by atoms with Crippen molar-refractivity contribution in [1.82, 2.24) is 0 Å². The summed E-state index contributed by atoms with van der Waals surface area (Å²) >= 11 is 0. The molecule has 5 rings (SSSR count). The minimum atomic E-state index is -3.70. The number of rotatable bonds is 5. The van der Waals surface area contributed by atoms with E-state index in [-0.39, 0.29) is 10.8 Å². The van der Waals surface area contributed by atoms with Crippen LogP contribution in [0.4, 0.5) is 11.4 Å². The van der Waals surface area contributed by atoms with E-state index in [1.54, 1.807) is 54.6 Å². The Morgan fingerprint density at radius 1 is 0.758 bits per heavy atom. The second-order valence-corrected chi connectivity index (χ2v) is 9.44. The van der Waals surface area contributed by atoms with Gasteiger partial charge in [-0.15, -0.1) is 0 Å². The summed E-state index contributed by atoms with van der Waals surface area (Å²) < 4.78 is 33.5. The van der Waals surface area contributed by atoms with Crippen LogP contribution in [0.15, 0.2) is 100 Å². The minimum Gasteiger partial charge on any atom is -0.456 e. The molecule has 0 fully saturated rings. The molecule has 2 N–H and O–H groups in total. The SMILES string of the molecule is Cc1ccc(S(=O)(=O)Nc2ccc(C(=O)Nc3ccc4c(c3)oc3ccccc34)cc2)cc1. The van der Waals surface area contributed by atoms with Gasteiger partial charge < -0.3 is 9.73 Å². The highest BCUT2D eigenvalue weighted by Crippen LogP contribution is 2.30. The van der Waals surface area contributed by atoms with Gasteiger partial charge >= 0.3 is 0 Å². The van der Waals surface area contributed by atoms with Gasteiger partial charge in [-0.1, -0.05) is 35.9 Å². The van der Waals surface area contributed by atoms with Crippen molar-refractivity contribution in [2.75, 3.05) is 10.0 Å². The summed E-state index contributed by atoms with van der Waals surface area (Å²) in [5.41, 5.74) is 3.84. The van der Waals surface area contributed by atoms with Crippen LogP contribution in [0, 0.1) is 6.92 Å². The quantitative estimate of drug-likeness (QED) is 0.342. The maximum absolute atomic E-state index is 12.7. The van der Waals surface area contributed by atoms with Gasteiger partial charge in [0, 0.05) is 33.8 Å². The van der Waals surface area contributed by atoms with Crippen LogP contribution in [0.3, 0.4) is 0 Å². The smallest absolute Gasteiger partial charge is 0.261 e. The number of para-hydroxylation sites is 1. The number of hydrogen-bond donors (Lipinski definition) is 2.